The molecule has 0 aliphatic rings. The number of hydrogen-bond acceptors (Lipinski definition) is 13. The van der Waals surface area contributed by atoms with E-state index in [1.54, 1.807) is 6.07 Å². The van der Waals surface area contributed by atoms with Crippen molar-refractivity contribution >= 4 is 79.7 Å². The average Bonchev–Trinajstić information content (AvgIpc) is 1.61. The van der Waals surface area contributed by atoms with Gasteiger partial charge >= 0.3 is 7.12 Å². The molecule has 0 aliphatic heterocycles. The Labute approximate surface area is 601 Å². The van der Waals surface area contributed by atoms with E-state index in [4.69, 9.17) is 77.2 Å². The van der Waals surface area contributed by atoms with Gasteiger partial charge in [-0.05, 0) is 129 Å². The molecule has 0 radical (unpaired) electrons. The van der Waals surface area contributed by atoms with Crippen molar-refractivity contribution in [3.05, 3.63) is 330 Å². The highest BCUT2D eigenvalue weighted by atomic mass is 35.5. The SMILES string of the molecule is Clc1cc(Cl)c2oc3cccc(-c4cccc(-c5nc(-c6ccccc6)nc(-c6ccccc6)n5)c4)c3c2c1.N#Cc1ccc(-c2cc(-c3ccc(C#N)cc3)c3oc4cccc(-c5cccc(-c6nc(-c7ccccc7)nc(-c7ccccc7)n6)c5)c4c3c2)cc1.N#Cc1ccc(B(O)O)cc1. The van der Waals surface area contributed by atoms with Gasteiger partial charge in [0, 0.05) is 65.5 Å². The van der Waals surface area contributed by atoms with Crippen LogP contribution in [-0.2, 0) is 0 Å². The topological polar surface area (TPSA) is 215 Å². The third-order valence-corrected chi connectivity index (χ3v) is 17.9. The van der Waals surface area contributed by atoms with E-state index in [9.17, 15) is 10.5 Å². The minimum absolute atomic E-state index is 0.393. The summed E-state index contributed by atoms with van der Waals surface area (Å²) in [5, 5.41) is 49.4. The van der Waals surface area contributed by atoms with Gasteiger partial charge in [-0.3, -0.25) is 0 Å². The first-order valence-corrected chi connectivity index (χ1v) is 33.4. The molecule has 13 nitrogen and oxygen atoms in total. The largest absolute Gasteiger partial charge is 0.488 e. The number of furan rings is 2. The van der Waals surface area contributed by atoms with Gasteiger partial charge in [-0.2, -0.15) is 15.8 Å². The summed E-state index contributed by atoms with van der Waals surface area (Å²) in [6.45, 7) is 0. The molecule has 4 aromatic heterocycles. The van der Waals surface area contributed by atoms with Crippen LogP contribution >= 0.6 is 23.2 Å². The van der Waals surface area contributed by atoms with Gasteiger partial charge in [0.25, 0.3) is 0 Å². The first kappa shape index (κ1) is 65.5. The molecule has 17 rings (SSSR count). The van der Waals surface area contributed by atoms with Crippen LogP contribution in [0.15, 0.2) is 312 Å². The number of halogens is 2. The summed E-state index contributed by atoms with van der Waals surface area (Å²) in [6.07, 6.45) is 0. The molecule has 2 N–H and O–H groups in total. The highest BCUT2D eigenvalue weighted by molar-refractivity contribution is 6.58. The van der Waals surface area contributed by atoms with Gasteiger partial charge in [-0.15, -0.1) is 0 Å². The second-order valence-corrected chi connectivity index (χ2v) is 24.8. The van der Waals surface area contributed by atoms with Crippen LogP contribution in [0.1, 0.15) is 16.7 Å². The van der Waals surface area contributed by atoms with Gasteiger partial charge in [-0.25, -0.2) is 29.9 Å². The molecule has 4 heterocycles. The monoisotopic (exact) mass is 1370 g/mol. The van der Waals surface area contributed by atoms with Crippen molar-refractivity contribution in [2.75, 3.05) is 0 Å². The molecule has 13 aromatic carbocycles. The molecule has 0 saturated heterocycles. The summed E-state index contributed by atoms with van der Waals surface area (Å²) >= 11 is 12.8. The zero-order valence-corrected chi connectivity index (χ0v) is 55.9. The molecule has 0 amide bonds. The van der Waals surface area contributed by atoms with E-state index in [0.717, 1.165) is 116 Å². The van der Waals surface area contributed by atoms with Crippen LogP contribution < -0.4 is 5.46 Å². The molecule has 16 heteroatoms. The van der Waals surface area contributed by atoms with Gasteiger partial charge in [0.1, 0.15) is 16.7 Å². The molecule has 0 atom stereocenters. The zero-order chi connectivity index (χ0) is 70.3. The Morgan fingerprint density at radius 3 is 1.05 bits per heavy atom. The van der Waals surface area contributed by atoms with E-state index in [-0.39, 0.29) is 0 Å². The van der Waals surface area contributed by atoms with Crippen LogP contribution in [0.2, 0.25) is 10.0 Å². The number of benzene rings is 13. The van der Waals surface area contributed by atoms with E-state index in [0.29, 0.717) is 72.7 Å². The lowest BCUT2D eigenvalue weighted by atomic mass is 9.80. The fourth-order valence-electron chi connectivity index (χ4n) is 12.4. The fraction of sp³-hybridized carbons (Fsp3) is 0. The predicted molar refractivity (Wildman–Crippen MR) is 409 cm³/mol. The minimum Gasteiger partial charge on any atom is -0.455 e. The van der Waals surface area contributed by atoms with Gasteiger partial charge in [0.05, 0.1) is 39.9 Å². The summed E-state index contributed by atoms with van der Waals surface area (Å²) in [5.41, 5.74) is 18.2. The maximum absolute atomic E-state index is 9.46. The van der Waals surface area contributed by atoms with Crippen molar-refractivity contribution in [1.29, 1.82) is 15.8 Å². The lowest BCUT2D eigenvalue weighted by Gasteiger charge is -2.11. The molecule has 0 aliphatic carbocycles. The van der Waals surface area contributed by atoms with Crippen molar-refractivity contribution in [3.63, 3.8) is 0 Å². The molecule has 0 spiro atoms. The van der Waals surface area contributed by atoms with E-state index in [1.807, 2.05) is 231 Å². The van der Waals surface area contributed by atoms with Crippen LogP contribution in [-0.4, -0.2) is 47.1 Å². The Morgan fingerprint density at radius 1 is 0.291 bits per heavy atom. The molecule has 0 bridgehead atoms. The number of nitrogens with zero attached hydrogens (tertiary/aromatic N) is 9. The van der Waals surface area contributed by atoms with Gasteiger partial charge in [0.2, 0.25) is 0 Å². The molecule has 17 aromatic rings. The maximum atomic E-state index is 9.46. The number of nitriles is 3. The number of aromatic nitrogens is 6. The third-order valence-electron chi connectivity index (χ3n) is 17.4. The summed E-state index contributed by atoms with van der Waals surface area (Å²) in [7, 11) is -1.46. The summed E-state index contributed by atoms with van der Waals surface area (Å²) in [6, 6.07) is 104. The Kier molecular flexibility index (Phi) is 18.5. The third kappa shape index (κ3) is 13.9. The van der Waals surface area contributed by atoms with Crippen molar-refractivity contribution < 1.29 is 18.9 Å². The normalized spacial score (nSPS) is 10.9. The van der Waals surface area contributed by atoms with Crippen LogP contribution in [0.3, 0.4) is 0 Å². The quantitative estimate of drug-likeness (QED) is 0.115. The zero-order valence-electron chi connectivity index (χ0n) is 54.4. The number of hydrogen-bond donors (Lipinski definition) is 2. The number of rotatable bonds is 11. The van der Waals surface area contributed by atoms with Crippen molar-refractivity contribution in [2.45, 2.75) is 0 Å². The van der Waals surface area contributed by atoms with Crippen molar-refractivity contribution in [2.24, 2.45) is 0 Å². The van der Waals surface area contributed by atoms with Gasteiger partial charge < -0.3 is 18.9 Å². The molecular weight excluding hydrogens is 1320 g/mol. The summed E-state index contributed by atoms with van der Waals surface area (Å²) in [5.74, 6) is 3.63. The lowest BCUT2D eigenvalue weighted by molar-refractivity contribution is 0.426. The summed E-state index contributed by atoms with van der Waals surface area (Å²) < 4.78 is 12.8. The smallest absolute Gasteiger partial charge is 0.455 e. The van der Waals surface area contributed by atoms with E-state index < -0.39 is 7.12 Å². The molecule has 0 fully saturated rings. The van der Waals surface area contributed by atoms with E-state index >= 15 is 0 Å². The van der Waals surface area contributed by atoms with Crippen LogP contribution in [0.25, 0.3) is 157 Å². The Morgan fingerprint density at radius 2 is 0.641 bits per heavy atom. The van der Waals surface area contributed by atoms with Crippen molar-refractivity contribution in [1.82, 2.24) is 29.9 Å². The molecule has 486 valence electrons. The highest BCUT2D eigenvalue weighted by Crippen LogP contribution is 2.45. The van der Waals surface area contributed by atoms with Crippen LogP contribution in [0, 0.1) is 34.0 Å². The van der Waals surface area contributed by atoms with E-state index in [1.165, 1.54) is 24.3 Å². The van der Waals surface area contributed by atoms with Crippen LogP contribution in [0.5, 0.6) is 0 Å². The second kappa shape index (κ2) is 29.1. The molecule has 103 heavy (non-hydrogen) atoms. The maximum Gasteiger partial charge on any atom is 0.488 e. The highest BCUT2D eigenvalue weighted by Gasteiger charge is 2.22. The molecule has 0 saturated carbocycles. The molecular formula is C87H52BCl2N9O4. The Bertz CT molecular complexity index is 6030. The first-order chi connectivity index (χ1) is 50.5. The Hall–Kier alpha value is -13.5. The lowest BCUT2D eigenvalue weighted by Crippen LogP contribution is -2.29. The van der Waals surface area contributed by atoms with E-state index in [2.05, 4.69) is 60.7 Å². The van der Waals surface area contributed by atoms with Crippen molar-refractivity contribution in [3.8, 4) is 131 Å². The molecule has 0 unspecified atom stereocenters. The van der Waals surface area contributed by atoms with Gasteiger partial charge in [-0.1, -0.05) is 242 Å². The second-order valence-electron chi connectivity index (χ2n) is 24.0. The average molecular weight is 1370 g/mol. The summed E-state index contributed by atoms with van der Waals surface area (Å²) in [4.78, 5) is 29.4. The standard InChI is InChI=1S/C47H27N5O.C33H19Cl2N3O.C7H6BNO2/c48-28-30-17-21-32(22-18-30)38-26-40(33-23-19-31(29-49)20-24-33)44-41(27-38)43-39(15-8-16-42(43)53-44)36-13-7-14-37(25-36)47-51-45(34-9-3-1-4-10-34)50-46(52-47)35-11-5-2-6-12-35;34-24-18-26-29-25(15-8-16-28(29)39-30(26)27(35)19-24)22-13-7-14-23(17-22)33-37-31(20-9-3-1-4-10-20)36-32(38-33)21-11-5-2-6-12-21;9-5-6-1-3-7(4-2-6)8(10)11/h1-27H;1-19H;1-4,10-11H. The Balaban J connectivity index is 0.000000149. The van der Waals surface area contributed by atoms with Gasteiger partial charge in [0.15, 0.2) is 40.5 Å². The fourth-order valence-corrected chi connectivity index (χ4v) is 12.9. The minimum atomic E-state index is -1.46. The number of fused-ring (bicyclic) bond motifs is 6. The first-order valence-electron chi connectivity index (χ1n) is 32.7. The predicted octanol–water partition coefficient (Wildman–Crippen LogP) is 20.5. The van der Waals surface area contributed by atoms with Crippen LogP contribution in [0.4, 0.5) is 0 Å².